The smallest absolute Gasteiger partial charge is 0.252 e. The average molecular weight is 384 g/mol. The quantitative estimate of drug-likeness (QED) is 0.849. The van der Waals surface area contributed by atoms with E-state index >= 15 is 0 Å². The maximum Gasteiger partial charge on any atom is 0.252 e. The van der Waals surface area contributed by atoms with E-state index in [-0.39, 0.29) is 11.5 Å². The fourth-order valence-electron chi connectivity index (χ4n) is 4.19. The molecule has 150 valence electrons. The molecule has 7 nitrogen and oxygen atoms in total. The topological polar surface area (TPSA) is 70.7 Å². The van der Waals surface area contributed by atoms with Crippen molar-refractivity contribution in [3.05, 3.63) is 51.4 Å². The fraction of sp³-hybridized carbons (Fsp3) is 0.524. The number of likely N-dealkylation sites (tertiary alicyclic amines) is 1. The highest BCUT2D eigenvalue weighted by Gasteiger charge is 2.27. The number of para-hydroxylation sites is 1. The summed E-state index contributed by atoms with van der Waals surface area (Å²) < 4.78 is 11.0. The number of hydrogen-bond acceptors (Lipinski definition) is 6. The van der Waals surface area contributed by atoms with E-state index in [1.807, 2.05) is 0 Å². The maximum absolute atomic E-state index is 12.2. The number of benzene rings is 1. The van der Waals surface area contributed by atoms with Crippen LogP contribution in [0.25, 0.3) is 0 Å². The number of H-pyrrole nitrogens is 1. The van der Waals surface area contributed by atoms with Crippen molar-refractivity contribution in [1.29, 1.82) is 0 Å². The van der Waals surface area contributed by atoms with Gasteiger partial charge in [-0.15, -0.1) is 0 Å². The lowest BCUT2D eigenvalue weighted by Crippen LogP contribution is -2.38. The Morgan fingerprint density at radius 2 is 2.11 bits per heavy atom. The van der Waals surface area contributed by atoms with Gasteiger partial charge in [0.15, 0.2) is 0 Å². The number of aryl methyl sites for hydroxylation is 1. The van der Waals surface area contributed by atoms with Crippen molar-refractivity contribution in [2.45, 2.75) is 25.8 Å². The number of aromatic nitrogens is 2. The van der Waals surface area contributed by atoms with Crippen molar-refractivity contribution < 1.29 is 9.47 Å². The minimum Gasteiger partial charge on any atom is -0.496 e. The number of nitrogens with zero attached hydrogens (tertiary/aromatic N) is 3. The SMILES string of the molecule is COc1c(C)cccc1CN1CC[C@@H](c2cc(=O)[nH]c(N3CCOCC3)n2)C1. The van der Waals surface area contributed by atoms with Gasteiger partial charge in [-0.3, -0.25) is 14.7 Å². The van der Waals surface area contributed by atoms with E-state index < -0.39 is 0 Å². The van der Waals surface area contributed by atoms with Crippen LogP contribution < -0.4 is 15.2 Å². The van der Waals surface area contributed by atoms with Crippen molar-refractivity contribution in [1.82, 2.24) is 14.9 Å². The van der Waals surface area contributed by atoms with Gasteiger partial charge < -0.3 is 14.4 Å². The number of rotatable bonds is 5. The molecule has 0 amide bonds. The molecule has 3 heterocycles. The molecule has 2 aliphatic heterocycles. The van der Waals surface area contributed by atoms with Crippen LogP contribution in [0.15, 0.2) is 29.1 Å². The van der Waals surface area contributed by atoms with E-state index in [2.05, 4.69) is 39.9 Å². The molecule has 1 aromatic carbocycles. The lowest BCUT2D eigenvalue weighted by Gasteiger charge is -2.27. The van der Waals surface area contributed by atoms with Gasteiger partial charge in [-0.05, 0) is 25.5 Å². The van der Waals surface area contributed by atoms with E-state index in [1.54, 1.807) is 13.2 Å². The maximum atomic E-state index is 12.2. The fourth-order valence-corrected chi connectivity index (χ4v) is 4.19. The van der Waals surface area contributed by atoms with Crippen molar-refractivity contribution in [3.63, 3.8) is 0 Å². The van der Waals surface area contributed by atoms with E-state index in [1.165, 1.54) is 5.56 Å². The second-order valence-electron chi connectivity index (χ2n) is 7.58. The van der Waals surface area contributed by atoms with Crippen LogP contribution in [-0.2, 0) is 11.3 Å². The second kappa shape index (κ2) is 8.32. The first-order valence-corrected chi connectivity index (χ1v) is 9.93. The lowest BCUT2D eigenvalue weighted by atomic mass is 10.0. The number of anilines is 1. The highest BCUT2D eigenvalue weighted by molar-refractivity contribution is 5.40. The summed E-state index contributed by atoms with van der Waals surface area (Å²) in [6.45, 7) is 7.67. The molecule has 4 rings (SSSR count). The van der Waals surface area contributed by atoms with Gasteiger partial charge in [0.2, 0.25) is 5.95 Å². The Hall–Kier alpha value is -2.38. The molecule has 0 aliphatic carbocycles. The van der Waals surface area contributed by atoms with Crippen molar-refractivity contribution >= 4 is 5.95 Å². The standard InChI is InChI=1S/C21H28N4O3/c1-15-4-3-5-17(20(15)27-2)14-24-7-6-16(13-24)18-12-19(26)23-21(22-18)25-8-10-28-11-9-25/h3-5,12,16H,6-11,13-14H2,1-2H3,(H,22,23,26)/t16-/m1/s1. The Morgan fingerprint density at radius 3 is 2.89 bits per heavy atom. The van der Waals surface area contributed by atoms with Gasteiger partial charge in [0.05, 0.1) is 26.0 Å². The largest absolute Gasteiger partial charge is 0.496 e. The van der Waals surface area contributed by atoms with Gasteiger partial charge >= 0.3 is 0 Å². The predicted octanol–water partition coefficient (Wildman–Crippen LogP) is 1.91. The summed E-state index contributed by atoms with van der Waals surface area (Å²) in [4.78, 5) is 24.4. The van der Waals surface area contributed by atoms with Crippen LogP contribution in [0.1, 0.15) is 29.2 Å². The zero-order valence-corrected chi connectivity index (χ0v) is 16.6. The highest BCUT2D eigenvalue weighted by atomic mass is 16.5. The summed E-state index contributed by atoms with van der Waals surface area (Å²) in [6, 6.07) is 7.93. The molecule has 2 saturated heterocycles. The molecular formula is C21H28N4O3. The van der Waals surface area contributed by atoms with Gasteiger partial charge in [0.1, 0.15) is 5.75 Å². The lowest BCUT2D eigenvalue weighted by molar-refractivity contribution is 0.122. The summed E-state index contributed by atoms with van der Waals surface area (Å²) in [5.74, 6) is 1.91. The second-order valence-corrected chi connectivity index (χ2v) is 7.58. The first kappa shape index (κ1) is 19.0. The molecule has 0 radical (unpaired) electrons. The van der Waals surface area contributed by atoms with Crippen LogP contribution in [0.4, 0.5) is 5.95 Å². The number of morpholine rings is 1. The van der Waals surface area contributed by atoms with Crippen LogP contribution in [0.5, 0.6) is 5.75 Å². The molecule has 1 N–H and O–H groups in total. The van der Waals surface area contributed by atoms with E-state index in [0.29, 0.717) is 19.2 Å². The molecule has 1 atom stereocenters. The van der Waals surface area contributed by atoms with Crippen molar-refractivity contribution in [3.8, 4) is 5.75 Å². The third-order valence-electron chi connectivity index (χ3n) is 5.64. The van der Waals surface area contributed by atoms with Crippen molar-refractivity contribution in [2.75, 3.05) is 51.4 Å². The summed E-state index contributed by atoms with van der Waals surface area (Å²) in [5, 5.41) is 0. The Morgan fingerprint density at radius 1 is 1.29 bits per heavy atom. The van der Waals surface area contributed by atoms with E-state index in [0.717, 1.165) is 56.2 Å². The van der Waals surface area contributed by atoms with Crippen LogP contribution >= 0.6 is 0 Å². The average Bonchev–Trinajstić information content (AvgIpc) is 3.17. The summed E-state index contributed by atoms with van der Waals surface area (Å²) in [5.41, 5.74) is 3.17. The molecule has 0 bridgehead atoms. The van der Waals surface area contributed by atoms with Crippen LogP contribution in [-0.4, -0.2) is 61.4 Å². The third kappa shape index (κ3) is 4.05. The van der Waals surface area contributed by atoms with E-state index in [9.17, 15) is 4.79 Å². The zero-order valence-electron chi connectivity index (χ0n) is 16.6. The van der Waals surface area contributed by atoms with Crippen molar-refractivity contribution in [2.24, 2.45) is 0 Å². The zero-order chi connectivity index (χ0) is 19.5. The molecule has 0 saturated carbocycles. The van der Waals surface area contributed by atoms with Gasteiger partial charge in [-0.1, -0.05) is 18.2 Å². The minimum absolute atomic E-state index is 0.0784. The summed E-state index contributed by atoms with van der Waals surface area (Å²) in [7, 11) is 1.73. The van der Waals surface area contributed by atoms with Gasteiger partial charge in [-0.25, -0.2) is 4.98 Å². The number of nitrogens with one attached hydrogen (secondary N) is 1. The molecule has 0 unspecified atom stereocenters. The molecule has 2 aliphatic rings. The van der Waals surface area contributed by atoms with Gasteiger partial charge in [0, 0.05) is 43.7 Å². The van der Waals surface area contributed by atoms with Crippen LogP contribution in [0.2, 0.25) is 0 Å². The van der Waals surface area contributed by atoms with E-state index in [4.69, 9.17) is 14.5 Å². The Balaban J connectivity index is 1.48. The van der Waals surface area contributed by atoms with Gasteiger partial charge in [0.25, 0.3) is 5.56 Å². The summed E-state index contributed by atoms with van der Waals surface area (Å²) in [6.07, 6.45) is 1.01. The molecular weight excluding hydrogens is 356 g/mol. The number of methoxy groups -OCH3 is 1. The predicted molar refractivity (Wildman–Crippen MR) is 108 cm³/mol. The van der Waals surface area contributed by atoms with Gasteiger partial charge in [-0.2, -0.15) is 0 Å². The first-order chi connectivity index (χ1) is 13.6. The molecule has 7 heteroatoms. The Labute approximate surface area is 165 Å². The molecule has 1 aromatic heterocycles. The summed E-state index contributed by atoms with van der Waals surface area (Å²) >= 11 is 0. The number of hydrogen-bond donors (Lipinski definition) is 1. The molecule has 0 spiro atoms. The monoisotopic (exact) mass is 384 g/mol. The molecule has 2 aromatic rings. The Kier molecular flexibility index (Phi) is 5.64. The number of aromatic amines is 1. The number of ether oxygens (including phenoxy) is 2. The molecule has 28 heavy (non-hydrogen) atoms. The Bertz CT molecular complexity index is 876. The van der Waals surface area contributed by atoms with Crippen LogP contribution in [0, 0.1) is 6.92 Å². The normalized spacial score (nSPS) is 20.5. The van der Waals surface area contributed by atoms with Crippen LogP contribution in [0.3, 0.4) is 0 Å². The first-order valence-electron chi connectivity index (χ1n) is 9.93. The third-order valence-corrected chi connectivity index (χ3v) is 5.64. The molecule has 2 fully saturated rings. The minimum atomic E-state index is -0.0784. The highest BCUT2D eigenvalue weighted by Crippen LogP contribution is 2.30.